The van der Waals surface area contributed by atoms with Crippen LogP contribution in [0.4, 0.5) is 0 Å². The molecule has 0 spiro atoms. The maximum Gasteiger partial charge on any atom is 0.0587 e. The topological polar surface area (TPSA) is 40.5 Å². The molecule has 0 radical (unpaired) electrons. The van der Waals surface area contributed by atoms with Crippen LogP contribution >= 0.6 is 0 Å². The molecular weight excluding hydrogens is 260 g/mol. The Balaban J connectivity index is 3.09. The lowest BCUT2D eigenvalue weighted by atomic mass is 9.99. The van der Waals surface area contributed by atoms with E-state index in [2.05, 4.69) is 6.92 Å². The monoisotopic (exact) mass is 300 g/mol. The first-order valence-corrected chi connectivity index (χ1v) is 9.51. The Kier molecular flexibility index (Phi) is 16.2. The molecule has 0 aromatic rings. The molecule has 128 valence electrons. The Morgan fingerprint density at radius 2 is 1.05 bits per heavy atom. The van der Waals surface area contributed by atoms with E-state index >= 15 is 0 Å². The van der Waals surface area contributed by atoms with Gasteiger partial charge in [0.25, 0.3) is 0 Å². The standard InChI is InChI=1S/C19H40O2/c1-3-4-5-6-7-8-9-10-11-12-13-14-15-16-19(21)18(2)17-20/h18-21H,3-17H2,1-2H3. The maximum atomic E-state index is 9.73. The van der Waals surface area contributed by atoms with Crippen molar-refractivity contribution in [3.63, 3.8) is 0 Å². The highest BCUT2D eigenvalue weighted by molar-refractivity contribution is 4.63. The third kappa shape index (κ3) is 14.6. The highest BCUT2D eigenvalue weighted by Gasteiger charge is 2.11. The first-order valence-electron chi connectivity index (χ1n) is 9.51. The Hall–Kier alpha value is -0.0800. The maximum absolute atomic E-state index is 9.73. The molecule has 0 fully saturated rings. The Bertz CT molecular complexity index is 194. The van der Waals surface area contributed by atoms with E-state index < -0.39 is 0 Å². The summed E-state index contributed by atoms with van der Waals surface area (Å²) < 4.78 is 0. The molecule has 0 heterocycles. The quantitative estimate of drug-likeness (QED) is 0.372. The Morgan fingerprint density at radius 1 is 0.667 bits per heavy atom. The second kappa shape index (κ2) is 16.3. The van der Waals surface area contributed by atoms with E-state index in [1.165, 1.54) is 77.0 Å². The van der Waals surface area contributed by atoms with Gasteiger partial charge in [0.15, 0.2) is 0 Å². The number of rotatable bonds is 16. The van der Waals surface area contributed by atoms with Crippen LogP contribution in [0.25, 0.3) is 0 Å². The predicted octanol–water partition coefficient (Wildman–Crippen LogP) is 5.46. The normalized spacial score (nSPS) is 14.3. The van der Waals surface area contributed by atoms with Gasteiger partial charge < -0.3 is 10.2 Å². The van der Waals surface area contributed by atoms with E-state index in [0.717, 1.165) is 12.8 Å². The zero-order valence-corrected chi connectivity index (χ0v) is 14.7. The molecule has 2 unspecified atom stereocenters. The van der Waals surface area contributed by atoms with Gasteiger partial charge in [-0.2, -0.15) is 0 Å². The molecule has 21 heavy (non-hydrogen) atoms. The molecule has 0 aliphatic rings. The van der Waals surface area contributed by atoms with Crippen LogP contribution in [-0.4, -0.2) is 22.9 Å². The molecule has 0 aliphatic heterocycles. The molecule has 2 atom stereocenters. The average molecular weight is 301 g/mol. The summed E-state index contributed by atoms with van der Waals surface area (Å²) in [5, 5.41) is 18.7. The Labute approximate surface area is 133 Å². The van der Waals surface area contributed by atoms with Gasteiger partial charge in [-0.15, -0.1) is 0 Å². The van der Waals surface area contributed by atoms with Gasteiger partial charge in [0.2, 0.25) is 0 Å². The van der Waals surface area contributed by atoms with Gasteiger partial charge in [0.1, 0.15) is 0 Å². The second-order valence-corrected chi connectivity index (χ2v) is 6.76. The van der Waals surface area contributed by atoms with Crippen LogP contribution in [0.5, 0.6) is 0 Å². The second-order valence-electron chi connectivity index (χ2n) is 6.76. The van der Waals surface area contributed by atoms with Gasteiger partial charge in [-0.25, -0.2) is 0 Å². The number of unbranched alkanes of at least 4 members (excludes halogenated alkanes) is 12. The summed E-state index contributed by atoms with van der Waals surface area (Å²) in [4.78, 5) is 0. The molecule has 2 N–H and O–H groups in total. The van der Waals surface area contributed by atoms with Crippen molar-refractivity contribution in [1.82, 2.24) is 0 Å². The minimum Gasteiger partial charge on any atom is -0.396 e. The summed E-state index contributed by atoms with van der Waals surface area (Å²) >= 11 is 0. The van der Waals surface area contributed by atoms with Gasteiger partial charge in [-0.05, 0) is 6.42 Å². The number of hydrogen-bond acceptors (Lipinski definition) is 2. The van der Waals surface area contributed by atoms with Gasteiger partial charge >= 0.3 is 0 Å². The van der Waals surface area contributed by atoms with E-state index in [-0.39, 0.29) is 18.6 Å². The molecule has 0 saturated carbocycles. The third-order valence-electron chi connectivity index (χ3n) is 4.55. The number of hydrogen-bond donors (Lipinski definition) is 2. The van der Waals surface area contributed by atoms with E-state index in [4.69, 9.17) is 5.11 Å². The fourth-order valence-corrected chi connectivity index (χ4v) is 2.78. The van der Waals surface area contributed by atoms with Gasteiger partial charge in [-0.3, -0.25) is 0 Å². The smallest absolute Gasteiger partial charge is 0.0587 e. The van der Waals surface area contributed by atoms with Crippen molar-refractivity contribution in [2.75, 3.05) is 6.61 Å². The first-order chi connectivity index (χ1) is 10.2. The van der Waals surface area contributed by atoms with Crippen molar-refractivity contribution in [1.29, 1.82) is 0 Å². The van der Waals surface area contributed by atoms with Crippen LogP contribution in [0, 0.1) is 5.92 Å². The molecule has 0 saturated heterocycles. The summed E-state index contributed by atoms with van der Waals surface area (Å²) in [6, 6.07) is 0. The van der Waals surface area contributed by atoms with Crippen molar-refractivity contribution < 1.29 is 10.2 Å². The van der Waals surface area contributed by atoms with Crippen molar-refractivity contribution in [3.05, 3.63) is 0 Å². The molecule has 0 aromatic heterocycles. The van der Waals surface area contributed by atoms with E-state index in [9.17, 15) is 5.11 Å². The van der Waals surface area contributed by atoms with Crippen LogP contribution in [0.3, 0.4) is 0 Å². The fraction of sp³-hybridized carbons (Fsp3) is 1.00. The zero-order valence-electron chi connectivity index (χ0n) is 14.7. The van der Waals surface area contributed by atoms with Gasteiger partial charge in [0, 0.05) is 12.5 Å². The minimum absolute atomic E-state index is 0.0299. The lowest BCUT2D eigenvalue weighted by Crippen LogP contribution is -2.20. The highest BCUT2D eigenvalue weighted by Crippen LogP contribution is 2.15. The SMILES string of the molecule is CCCCCCCCCCCCCCCC(O)C(C)CO. The average Bonchev–Trinajstić information content (AvgIpc) is 2.50. The van der Waals surface area contributed by atoms with Crippen molar-refractivity contribution in [3.8, 4) is 0 Å². The van der Waals surface area contributed by atoms with Crippen LogP contribution in [0.1, 0.15) is 104 Å². The lowest BCUT2D eigenvalue weighted by Gasteiger charge is -2.15. The molecule has 0 amide bonds. The molecule has 2 heteroatoms. The van der Waals surface area contributed by atoms with Crippen molar-refractivity contribution in [2.24, 2.45) is 5.92 Å². The van der Waals surface area contributed by atoms with E-state index in [1.54, 1.807) is 0 Å². The Morgan fingerprint density at radius 3 is 1.43 bits per heavy atom. The third-order valence-corrected chi connectivity index (χ3v) is 4.55. The minimum atomic E-state index is -0.317. The zero-order chi connectivity index (χ0) is 15.8. The molecule has 0 aliphatic carbocycles. The summed E-state index contributed by atoms with van der Waals surface area (Å²) in [5.74, 6) is 0.0299. The summed E-state index contributed by atoms with van der Waals surface area (Å²) in [6.07, 6.45) is 18.2. The van der Waals surface area contributed by atoms with Crippen LogP contribution in [0.2, 0.25) is 0 Å². The molecule has 0 aromatic carbocycles. The summed E-state index contributed by atoms with van der Waals surface area (Å²) in [6.45, 7) is 4.28. The van der Waals surface area contributed by atoms with E-state index in [1.807, 2.05) is 6.92 Å². The van der Waals surface area contributed by atoms with Crippen molar-refractivity contribution >= 4 is 0 Å². The fourth-order valence-electron chi connectivity index (χ4n) is 2.78. The number of aliphatic hydroxyl groups excluding tert-OH is 2. The van der Waals surface area contributed by atoms with Crippen LogP contribution in [-0.2, 0) is 0 Å². The first kappa shape index (κ1) is 20.9. The molecule has 2 nitrogen and oxygen atoms in total. The van der Waals surface area contributed by atoms with Crippen LogP contribution in [0.15, 0.2) is 0 Å². The molecule has 0 rings (SSSR count). The largest absolute Gasteiger partial charge is 0.396 e. The number of aliphatic hydroxyl groups is 2. The summed E-state index contributed by atoms with van der Waals surface area (Å²) in [5.41, 5.74) is 0. The summed E-state index contributed by atoms with van der Waals surface area (Å²) in [7, 11) is 0. The highest BCUT2D eigenvalue weighted by atomic mass is 16.3. The van der Waals surface area contributed by atoms with Crippen molar-refractivity contribution in [2.45, 2.75) is 110 Å². The molecule has 0 bridgehead atoms. The van der Waals surface area contributed by atoms with Gasteiger partial charge in [0.05, 0.1) is 6.10 Å². The molecular formula is C19H40O2. The van der Waals surface area contributed by atoms with E-state index in [0.29, 0.717) is 0 Å². The van der Waals surface area contributed by atoms with Gasteiger partial charge in [-0.1, -0.05) is 97.3 Å². The predicted molar refractivity (Wildman–Crippen MR) is 92.6 cm³/mol. The lowest BCUT2D eigenvalue weighted by molar-refractivity contribution is 0.0685. The van der Waals surface area contributed by atoms with Crippen LogP contribution < -0.4 is 0 Å².